The summed E-state index contributed by atoms with van der Waals surface area (Å²) >= 11 is 1.27. The molecule has 1 aliphatic carbocycles. The summed E-state index contributed by atoms with van der Waals surface area (Å²) in [6, 6.07) is 11.6. The molecule has 9 nitrogen and oxygen atoms in total. The van der Waals surface area contributed by atoms with Gasteiger partial charge in [-0.1, -0.05) is 11.3 Å². The van der Waals surface area contributed by atoms with Crippen LogP contribution in [-0.4, -0.2) is 89.7 Å². The molecule has 226 valence electrons. The van der Waals surface area contributed by atoms with Gasteiger partial charge in [-0.15, -0.1) is 0 Å². The molecule has 0 saturated carbocycles. The van der Waals surface area contributed by atoms with Gasteiger partial charge in [-0.2, -0.15) is 5.26 Å². The Kier molecular flexibility index (Phi) is 7.40. The summed E-state index contributed by atoms with van der Waals surface area (Å²) in [4.78, 5) is 30.3. The number of benzene rings is 2. The van der Waals surface area contributed by atoms with Gasteiger partial charge in [0.15, 0.2) is 5.13 Å². The number of nitrogens with zero attached hydrogens (tertiary/aromatic N) is 7. The first-order valence-electron chi connectivity index (χ1n) is 14.8. The number of hydrogen-bond acceptors (Lipinski definition) is 9. The van der Waals surface area contributed by atoms with Crippen molar-refractivity contribution in [3.8, 4) is 17.3 Å². The first-order chi connectivity index (χ1) is 21.3. The highest BCUT2D eigenvalue weighted by Crippen LogP contribution is 2.43. The highest BCUT2D eigenvalue weighted by molar-refractivity contribution is 7.16. The number of fused-ring (bicyclic) bond motifs is 2. The number of rotatable bonds is 6. The minimum atomic E-state index is -0.424. The maximum atomic E-state index is 15.7. The number of likely N-dealkylation sites (tertiary alicyclic amines) is 1. The Bertz CT molecular complexity index is 1790. The number of anilines is 3. The minimum absolute atomic E-state index is 0.0116. The summed E-state index contributed by atoms with van der Waals surface area (Å²) in [6.45, 7) is 3.46. The lowest BCUT2D eigenvalue weighted by Gasteiger charge is -2.40. The van der Waals surface area contributed by atoms with Crippen LogP contribution in [-0.2, 0) is 17.6 Å². The van der Waals surface area contributed by atoms with Crippen LogP contribution in [0.5, 0.6) is 0 Å². The van der Waals surface area contributed by atoms with Gasteiger partial charge in [0.1, 0.15) is 28.3 Å². The van der Waals surface area contributed by atoms with Crippen molar-refractivity contribution >= 4 is 44.7 Å². The topological polar surface area (TPSA) is 99.8 Å². The van der Waals surface area contributed by atoms with E-state index in [1.165, 1.54) is 29.5 Å². The molecule has 2 aromatic carbocycles. The Hall–Kier alpha value is -4.18. The maximum absolute atomic E-state index is 15.7. The highest BCUT2D eigenvalue weighted by Gasteiger charge is 2.31. The van der Waals surface area contributed by atoms with E-state index >= 15 is 4.39 Å². The molecule has 12 heteroatoms. The average Bonchev–Trinajstić information content (AvgIpc) is 3.66. The number of pyridine rings is 1. The number of halogens is 2. The molecule has 2 aliphatic heterocycles. The third kappa shape index (κ3) is 5.15. The second kappa shape index (κ2) is 11.4. The SMILES string of the molecule is CN(c1nc(-c2ccc(F)cc2)c(C#N)s1)c1c2c(nc3cc(F)c(N4CCN(CC(=O)N5CC(O)C5)CC4)cc13)CCC2. The average molecular weight is 616 g/mol. The van der Waals surface area contributed by atoms with E-state index in [4.69, 9.17) is 9.97 Å². The van der Waals surface area contributed by atoms with E-state index in [0.717, 1.165) is 41.6 Å². The van der Waals surface area contributed by atoms with E-state index in [0.29, 0.717) is 78.3 Å². The number of aliphatic hydroxyl groups is 1. The quantitative estimate of drug-likeness (QED) is 0.347. The van der Waals surface area contributed by atoms with Crippen molar-refractivity contribution in [1.82, 2.24) is 19.8 Å². The van der Waals surface area contributed by atoms with Gasteiger partial charge in [0, 0.05) is 69.0 Å². The van der Waals surface area contributed by atoms with Gasteiger partial charge < -0.3 is 19.8 Å². The second-order valence-electron chi connectivity index (χ2n) is 11.6. The lowest BCUT2D eigenvalue weighted by atomic mass is 10.0. The molecule has 1 N–H and O–H groups in total. The number of piperazine rings is 1. The molecule has 2 saturated heterocycles. The van der Waals surface area contributed by atoms with Crippen molar-refractivity contribution in [2.24, 2.45) is 0 Å². The third-order valence-corrected chi connectivity index (χ3v) is 9.83. The van der Waals surface area contributed by atoms with Crippen molar-refractivity contribution in [3.05, 3.63) is 64.2 Å². The second-order valence-corrected chi connectivity index (χ2v) is 12.6. The zero-order chi connectivity index (χ0) is 30.5. The van der Waals surface area contributed by atoms with E-state index in [2.05, 4.69) is 11.0 Å². The first kappa shape index (κ1) is 28.6. The summed E-state index contributed by atoms with van der Waals surface area (Å²) in [6.07, 6.45) is 2.18. The van der Waals surface area contributed by atoms with Crippen molar-refractivity contribution in [3.63, 3.8) is 0 Å². The normalized spacial score (nSPS) is 17.1. The van der Waals surface area contributed by atoms with Crippen LogP contribution in [0.15, 0.2) is 36.4 Å². The lowest BCUT2D eigenvalue weighted by molar-refractivity contribution is -0.142. The van der Waals surface area contributed by atoms with Gasteiger partial charge in [-0.05, 0) is 55.2 Å². The number of thiazole rings is 1. The molecule has 0 radical (unpaired) electrons. The molecule has 2 fully saturated rings. The number of β-amino-alcohol motifs (C(OH)–C–C–N with tert-alkyl or cyclic N) is 1. The summed E-state index contributed by atoms with van der Waals surface area (Å²) in [5.41, 5.74) is 5.20. The van der Waals surface area contributed by atoms with Crippen LogP contribution < -0.4 is 9.80 Å². The molecular formula is C32H31F2N7O2S. The van der Waals surface area contributed by atoms with Crippen LogP contribution >= 0.6 is 11.3 Å². The Labute approximate surface area is 257 Å². The van der Waals surface area contributed by atoms with Gasteiger partial charge in [-0.3, -0.25) is 14.7 Å². The smallest absolute Gasteiger partial charge is 0.236 e. The molecule has 4 heterocycles. The molecule has 44 heavy (non-hydrogen) atoms. The summed E-state index contributed by atoms with van der Waals surface area (Å²) in [7, 11) is 1.91. The third-order valence-electron chi connectivity index (χ3n) is 8.79. The molecular weight excluding hydrogens is 584 g/mol. The Balaban J connectivity index is 1.20. The largest absolute Gasteiger partial charge is 0.389 e. The number of hydrogen-bond donors (Lipinski definition) is 1. The van der Waals surface area contributed by atoms with Gasteiger partial charge in [0.25, 0.3) is 0 Å². The van der Waals surface area contributed by atoms with Gasteiger partial charge in [-0.25, -0.2) is 13.8 Å². The summed E-state index contributed by atoms with van der Waals surface area (Å²) in [5, 5.41) is 20.8. The van der Waals surface area contributed by atoms with Crippen molar-refractivity contribution < 1.29 is 18.7 Å². The van der Waals surface area contributed by atoms with Crippen LogP contribution in [0.3, 0.4) is 0 Å². The molecule has 0 spiro atoms. The van der Waals surface area contributed by atoms with Crippen molar-refractivity contribution in [1.29, 1.82) is 5.26 Å². The van der Waals surface area contributed by atoms with E-state index in [-0.39, 0.29) is 17.5 Å². The van der Waals surface area contributed by atoms with Crippen molar-refractivity contribution in [2.75, 3.05) is 62.7 Å². The van der Waals surface area contributed by atoms with Crippen LogP contribution in [0.25, 0.3) is 22.2 Å². The Morgan fingerprint density at radius 1 is 1.11 bits per heavy atom. The number of aromatic nitrogens is 2. The van der Waals surface area contributed by atoms with Crippen LogP contribution in [0, 0.1) is 23.0 Å². The van der Waals surface area contributed by atoms with E-state index in [1.807, 2.05) is 22.9 Å². The van der Waals surface area contributed by atoms with Crippen LogP contribution in [0.2, 0.25) is 0 Å². The summed E-state index contributed by atoms with van der Waals surface area (Å²) in [5.74, 6) is -0.683. The number of amides is 1. The van der Waals surface area contributed by atoms with E-state index < -0.39 is 6.10 Å². The Morgan fingerprint density at radius 3 is 2.57 bits per heavy atom. The number of nitriles is 1. The molecule has 4 aromatic rings. The molecule has 2 aromatic heterocycles. The number of carbonyl (C=O) groups excluding carboxylic acids is 1. The molecule has 7 rings (SSSR count). The maximum Gasteiger partial charge on any atom is 0.236 e. The van der Waals surface area contributed by atoms with E-state index in [9.17, 15) is 19.6 Å². The Morgan fingerprint density at radius 2 is 1.86 bits per heavy atom. The number of aliphatic hydroxyl groups excluding tert-OH is 1. The summed E-state index contributed by atoms with van der Waals surface area (Å²) < 4.78 is 29.3. The lowest BCUT2D eigenvalue weighted by Crippen LogP contribution is -2.57. The molecule has 3 aliphatic rings. The van der Waals surface area contributed by atoms with E-state index in [1.54, 1.807) is 17.0 Å². The fraction of sp³-hybridized carbons (Fsp3) is 0.375. The van der Waals surface area contributed by atoms with Crippen molar-refractivity contribution in [2.45, 2.75) is 25.4 Å². The zero-order valence-corrected chi connectivity index (χ0v) is 25.1. The number of aryl methyl sites for hydroxylation is 1. The predicted octanol–water partition coefficient (Wildman–Crippen LogP) is 4.09. The fourth-order valence-corrected chi connectivity index (χ4v) is 7.25. The highest BCUT2D eigenvalue weighted by atomic mass is 32.1. The standard InChI is InChI=1S/C32H31F2N7O2S/c1-38(32-37-30(28(15-35)44-32)19-5-7-20(33)8-6-19)31-22-3-2-4-25(22)36-26-14-24(34)27(13-23(26)31)40-11-9-39(10-12-40)18-29(43)41-16-21(42)17-41/h5-8,13-14,21,42H,2-4,9-12,16-18H2,1H3. The van der Waals surface area contributed by atoms with Crippen LogP contribution in [0.1, 0.15) is 22.6 Å². The molecule has 0 bridgehead atoms. The fourth-order valence-electron chi connectivity index (χ4n) is 6.40. The molecule has 1 amide bonds. The molecule has 0 atom stereocenters. The minimum Gasteiger partial charge on any atom is -0.389 e. The number of carbonyl (C=O) groups is 1. The van der Waals surface area contributed by atoms with Gasteiger partial charge in [0.2, 0.25) is 5.91 Å². The zero-order valence-electron chi connectivity index (χ0n) is 24.3. The monoisotopic (exact) mass is 615 g/mol. The van der Waals surface area contributed by atoms with Gasteiger partial charge >= 0.3 is 0 Å². The molecule has 0 unspecified atom stereocenters. The van der Waals surface area contributed by atoms with Gasteiger partial charge in [0.05, 0.1) is 29.5 Å². The first-order valence-corrected chi connectivity index (χ1v) is 15.6. The predicted molar refractivity (Wildman–Crippen MR) is 165 cm³/mol. The van der Waals surface area contributed by atoms with Crippen LogP contribution in [0.4, 0.5) is 25.3 Å².